The van der Waals surface area contributed by atoms with Gasteiger partial charge in [-0.15, -0.1) is 0 Å². The highest BCUT2D eigenvalue weighted by atomic mass is 16.5. The Kier molecular flexibility index (Phi) is 3.96. The van der Waals surface area contributed by atoms with Gasteiger partial charge >= 0.3 is 5.97 Å². The molecule has 0 radical (unpaired) electrons. The van der Waals surface area contributed by atoms with Crippen molar-refractivity contribution in [2.24, 2.45) is 22.4 Å². The van der Waals surface area contributed by atoms with Gasteiger partial charge < -0.3 is 9.84 Å². The number of carbonyl (C=O) groups excluding carboxylic acids is 2. The minimum Gasteiger partial charge on any atom is -0.508 e. The van der Waals surface area contributed by atoms with Crippen molar-refractivity contribution in [3.05, 3.63) is 39.8 Å². The fraction of sp³-hybridized carbons (Fsp3) is 0.600. The van der Waals surface area contributed by atoms with E-state index in [4.69, 9.17) is 10.3 Å². The van der Waals surface area contributed by atoms with E-state index in [0.717, 1.165) is 19.3 Å². The molecular weight excluding hydrogens is 346 g/mol. The van der Waals surface area contributed by atoms with Crippen LogP contribution in [0.5, 0.6) is 5.75 Å². The first-order valence-corrected chi connectivity index (χ1v) is 9.39. The summed E-state index contributed by atoms with van der Waals surface area (Å²) in [7, 11) is 1.22. The average molecular weight is 369 g/mol. The number of ether oxygens (including phenoxy) is 1. The Morgan fingerprint density at radius 3 is 2.89 bits per heavy atom. The second kappa shape index (κ2) is 5.99. The van der Waals surface area contributed by atoms with E-state index < -0.39 is 16.9 Å². The third-order valence-electron chi connectivity index (χ3n) is 7.25. The van der Waals surface area contributed by atoms with Crippen molar-refractivity contribution in [2.75, 3.05) is 7.11 Å². The number of nitrogens with zero attached hydrogens (tertiary/aromatic N) is 3. The average Bonchev–Trinajstić information content (AvgIpc) is 2.90. The molecule has 0 aromatic heterocycles. The van der Waals surface area contributed by atoms with Gasteiger partial charge in [-0.3, -0.25) is 9.59 Å². The molecule has 4 rings (SSSR count). The van der Waals surface area contributed by atoms with Crippen LogP contribution in [0.3, 0.4) is 0 Å². The van der Waals surface area contributed by atoms with Crippen molar-refractivity contribution >= 4 is 11.8 Å². The zero-order valence-electron chi connectivity index (χ0n) is 15.5. The van der Waals surface area contributed by atoms with Gasteiger partial charge in [0.15, 0.2) is 5.78 Å². The topological polar surface area (TPSA) is 112 Å². The summed E-state index contributed by atoms with van der Waals surface area (Å²) >= 11 is 0. The summed E-state index contributed by atoms with van der Waals surface area (Å²) < 4.78 is 4.86. The standard InChI is InChI=1S/C20H23N3O4/c1-19-8-7-14-13-6-4-12(24)9-11(13)3-5-15(14)16(19)10-20(17(19)25,22-23-21)18(26)27-2/h4,6,9,14-16,24H,3,5,7-8,10H2,1-2H3/t14-,15-,16+,19+,20?/m1/s1. The van der Waals surface area contributed by atoms with Gasteiger partial charge in [-0.2, -0.15) is 0 Å². The van der Waals surface area contributed by atoms with Crippen molar-refractivity contribution in [3.8, 4) is 5.75 Å². The fourth-order valence-electron chi connectivity index (χ4n) is 5.98. The van der Waals surface area contributed by atoms with Crippen molar-refractivity contribution in [1.82, 2.24) is 0 Å². The van der Waals surface area contributed by atoms with Gasteiger partial charge in [0.05, 0.1) is 7.11 Å². The van der Waals surface area contributed by atoms with E-state index in [0.29, 0.717) is 12.3 Å². The highest BCUT2D eigenvalue weighted by Gasteiger charge is 2.67. The molecule has 0 amide bonds. The van der Waals surface area contributed by atoms with E-state index in [-0.39, 0.29) is 29.8 Å². The van der Waals surface area contributed by atoms with Crippen LogP contribution >= 0.6 is 0 Å². The number of hydrogen-bond donors (Lipinski definition) is 1. The van der Waals surface area contributed by atoms with E-state index in [1.54, 1.807) is 6.07 Å². The highest BCUT2D eigenvalue weighted by Crippen LogP contribution is 2.62. The van der Waals surface area contributed by atoms with E-state index in [1.807, 2.05) is 19.1 Å². The fourth-order valence-corrected chi connectivity index (χ4v) is 5.98. The van der Waals surface area contributed by atoms with Crippen LogP contribution in [0.15, 0.2) is 23.3 Å². The molecule has 0 spiro atoms. The highest BCUT2D eigenvalue weighted by molar-refractivity contribution is 6.13. The van der Waals surface area contributed by atoms with Crippen LogP contribution < -0.4 is 0 Å². The molecule has 7 nitrogen and oxygen atoms in total. The molecule has 2 saturated carbocycles. The number of benzene rings is 1. The summed E-state index contributed by atoms with van der Waals surface area (Å²) in [5.74, 6) is -0.268. The zero-order chi connectivity index (χ0) is 19.4. The Morgan fingerprint density at radius 2 is 2.19 bits per heavy atom. The molecule has 1 aromatic rings. The molecule has 0 saturated heterocycles. The summed E-state index contributed by atoms with van der Waals surface area (Å²) in [6.45, 7) is 1.92. The number of aryl methyl sites for hydroxylation is 1. The SMILES string of the molecule is COC(=O)C1(N=[N+]=[N-])C[C@H]2[C@@H]3CCc4cc(O)ccc4[C@H]3CC[C@]2(C)C1=O. The summed E-state index contributed by atoms with van der Waals surface area (Å²) in [6.07, 6.45) is 3.43. The minimum absolute atomic E-state index is 0.0321. The van der Waals surface area contributed by atoms with E-state index in [2.05, 4.69) is 10.0 Å². The number of methoxy groups -OCH3 is 1. The number of hydrogen-bond acceptors (Lipinski definition) is 5. The predicted octanol–water partition coefficient (Wildman–Crippen LogP) is 3.65. The summed E-state index contributed by atoms with van der Waals surface area (Å²) in [5.41, 5.74) is 9.01. The van der Waals surface area contributed by atoms with E-state index >= 15 is 0 Å². The van der Waals surface area contributed by atoms with E-state index in [9.17, 15) is 14.7 Å². The first-order valence-electron chi connectivity index (χ1n) is 9.39. The Balaban J connectivity index is 1.76. The van der Waals surface area contributed by atoms with Crippen LogP contribution in [0.25, 0.3) is 10.4 Å². The third-order valence-corrected chi connectivity index (χ3v) is 7.25. The molecule has 27 heavy (non-hydrogen) atoms. The number of esters is 1. The van der Waals surface area contributed by atoms with Crippen molar-refractivity contribution in [2.45, 2.75) is 50.5 Å². The van der Waals surface area contributed by atoms with Gasteiger partial charge in [0.1, 0.15) is 5.75 Å². The lowest BCUT2D eigenvalue weighted by Gasteiger charge is -2.48. The molecule has 1 aromatic carbocycles. The molecule has 1 N–H and O–H groups in total. The minimum atomic E-state index is -1.74. The summed E-state index contributed by atoms with van der Waals surface area (Å²) in [6, 6.07) is 5.54. The Bertz CT molecular complexity index is 878. The molecule has 7 heteroatoms. The van der Waals surface area contributed by atoms with Gasteiger partial charge in [0, 0.05) is 10.3 Å². The maximum Gasteiger partial charge on any atom is 0.325 e. The number of fused-ring (bicyclic) bond motifs is 5. The number of ketones is 1. The molecule has 0 heterocycles. The van der Waals surface area contributed by atoms with Gasteiger partial charge in [-0.1, -0.05) is 18.1 Å². The Morgan fingerprint density at radius 1 is 1.41 bits per heavy atom. The normalized spacial score (nSPS) is 36.8. The Labute approximate surface area is 157 Å². The number of carbonyl (C=O) groups is 2. The van der Waals surface area contributed by atoms with E-state index in [1.165, 1.54) is 18.2 Å². The second-order valence-corrected chi connectivity index (χ2v) is 8.33. The first-order chi connectivity index (χ1) is 12.9. The number of Topliss-reactive ketones (excluding diaryl/α,β-unsaturated/α-hetero) is 1. The van der Waals surface area contributed by atoms with Crippen LogP contribution in [0, 0.1) is 17.3 Å². The molecule has 2 fully saturated rings. The maximum absolute atomic E-state index is 13.3. The second-order valence-electron chi connectivity index (χ2n) is 8.33. The number of azide groups is 1. The van der Waals surface area contributed by atoms with Crippen LogP contribution in [-0.2, 0) is 20.7 Å². The summed E-state index contributed by atoms with van der Waals surface area (Å²) in [5, 5.41) is 13.5. The van der Waals surface area contributed by atoms with Crippen LogP contribution in [0.2, 0.25) is 0 Å². The van der Waals surface area contributed by atoms with Crippen LogP contribution in [0.4, 0.5) is 0 Å². The van der Waals surface area contributed by atoms with Crippen molar-refractivity contribution in [3.63, 3.8) is 0 Å². The summed E-state index contributed by atoms with van der Waals surface area (Å²) in [4.78, 5) is 28.6. The lowest BCUT2D eigenvalue weighted by atomic mass is 9.55. The molecule has 3 aliphatic carbocycles. The molecule has 0 aliphatic heterocycles. The predicted molar refractivity (Wildman–Crippen MR) is 97.0 cm³/mol. The van der Waals surface area contributed by atoms with Crippen molar-refractivity contribution < 1.29 is 19.4 Å². The first kappa shape index (κ1) is 17.9. The molecule has 3 aliphatic rings. The molecule has 1 unspecified atom stereocenters. The lowest BCUT2D eigenvalue weighted by Crippen LogP contribution is -2.47. The zero-order valence-corrected chi connectivity index (χ0v) is 15.5. The van der Waals surface area contributed by atoms with Crippen molar-refractivity contribution in [1.29, 1.82) is 0 Å². The van der Waals surface area contributed by atoms with Gasteiger partial charge in [0.2, 0.25) is 5.54 Å². The van der Waals surface area contributed by atoms with Gasteiger partial charge in [-0.25, -0.2) is 0 Å². The van der Waals surface area contributed by atoms with Gasteiger partial charge in [0.25, 0.3) is 0 Å². The molecule has 5 atom stereocenters. The van der Waals surface area contributed by atoms with Crippen LogP contribution in [0.1, 0.15) is 49.7 Å². The number of rotatable bonds is 2. The van der Waals surface area contributed by atoms with Gasteiger partial charge in [-0.05, 0) is 78.6 Å². The third kappa shape index (κ3) is 2.31. The Hall–Kier alpha value is -2.53. The monoisotopic (exact) mass is 369 g/mol. The number of phenols is 1. The van der Waals surface area contributed by atoms with Crippen LogP contribution in [-0.4, -0.2) is 29.5 Å². The molecule has 0 bridgehead atoms. The quantitative estimate of drug-likeness (QED) is 0.282. The largest absolute Gasteiger partial charge is 0.508 e. The number of phenolic OH excluding ortho intramolecular Hbond substituents is 1. The molecule has 142 valence electrons. The lowest BCUT2D eigenvalue weighted by molar-refractivity contribution is -0.151. The smallest absolute Gasteiger partial charge is 0.325 e. The maximum atomic E-state index is 13.3. The number of aromatic hydroxyl groups is 1. The molecular formula is C20H23N3O4.